The number of nitrogens with zero attached hydrogens (tertiary/aromatic N) is 1. The number of hydrogen-bond donors (Lipinski definition) is 2. The molecule has 7 heteroatoms. The van der Waals surface area contributed by atoms with E-state index in [4.69, 9.17) is 5.73 Å². The van der Waals surface area contributed by atoms with Gasteiger partial charge in [-0.25, -0.2) is 9.37 Å². The Morgan fingerprint density at radius 1 is 1.04 bits per heavy atom. The maximum Gasteiger partial charge on any atom is 0.275 e. The zero-order chi connectivity index (χ0) is 17.1. The summed E-state index contributed by atoms with van der Waals surface area (Å²) in [7, 11) is 0. The van der Waals surface area contributed by atoms with E-state index in [0.29, 0.717) is 16.3 Å². The van der Waals surface area contributed by atoms with Gasteiger partial charge in [0.05, 0.1) is 0 Å². The van der Waals surface area contributed by atoms with Gasteiger partial charge in [-0.2, -0.15) is 0 Å². The molecule has 2 amide bonds. The molecule has 0 unspecified atom stereocenters. The van der Waals surface area contributed by atoms with Gasteiger partial charge in [-0.1, -0.05) is 0 Å². The molecular formula is C17H12FN3O2S. The van der Waals surface area contributed by atoms with Crippen LogP contribution in [0, 0.1) is 5.82 Å². The summed E-state index contributed by atoms with van der Waals surface area (Å²) in [5.41, 5.74) is 7.06. The van der Waals surface area contributed by atoms with E-state index in [1.807, 2.05) is 0 Å². The second kappa shape index (κ2) is 6.59. The van der Waals surface area contributed by atoms with Gasteiger partial charge < -0.3 is 11.1 Å². The highest BCUT2D eigenvalue weighted by atomic mass is 32.1. The number of carbonyl (C=O) groups excluding carboxylic acids is 2. The third-order valence-corrected chi connectivity index (χ3v) is 4.15. The van der Waals surface area contributed by atoms with Crippen molar-refractivity contribution in [2.75, 3.05) is 5.32 Å². The van der Waals surface area contributed by atoms with Crippen LogP contribution in [-0.4, -0.2) is 16.8 Å². The fourth-order valence-corrected chi connectivity index (χ4v) is 2.82. The minimum Gasteiger partial charge on any atom is -0.366 e. The molecular weight excluding hydrogens is 329 g/mol. The van der Waals surface area contributed by atoms with Gasteiger partial charge in [-0.3, -0.25) is 9.59 Å². The number of hydrogen-bond acceptors (Lipinski definition) is 4. The van der Waals surface area contributed by atoms with Gasteiger partial charge in [0.2, 0.25) is 5.91 Å². The van der Waals surface area contributed by atoms with E-state index in [2.05, 4.69) is 10.3 Å². The number of thiazole rings is 1. The summed E-state index contributed by atoms with van der Waals surface area (Å²) in [4.78, 5) is 27.5. The molecule has 2 aromatic carbocycles. The van der Waals surface area contributed by atoms with Crippen molar-refractivity contribution in [2.45, 2.75) is 0 Å². The minimum atomic E-state index is -0.531. The maximum absolute atomic E-state index is 12.9. The fraction of sp³-hybridized carbons (Fsp3) is 0. The molecule has 0 aliphatic heterocycles. The van der Waals surface area contributed by atoms with E-state index in [1.165, 1.54) is 35.6 Å². The number of carbonyl (C=O) groups is 2. The van der Waals surface area contributed by atoms with Crippen LogP contribution in [0.25, 0.3) is 10.6 Å². The Hall–Kier alpha value is -3.06. The molecule has 5 nitrogen and oxygen atoms in total. The second-order valence-corrected chi connectivity index (χ2v) is 5.80. The van der Waals surface area contributed by atoms with E-state index in [-0.39, 0.29) is 17.4 Å². The first-order valence-corrected chi connectivity index (χ1v) is 7.83. The first kappa shape index (κ1) is 15.8. The van der Waals surface area contributed by atoms with E-state index in [1.54, 1.807) is 29.6 Å². The summed E-state index contributed by atoms with van der Waals surface area (Å²) in [5, 5.41) is 4.95. The molecule has 1 heterocycles. The van der Waals surface area contributed by atoms with Crippen LogP contribution in [0.2, 0.25) is 0 Å². The number of primary amides is 1. The first-order valence-electron chi connectivity index (χ1n) is 6.95. The SMILES string of the molecule is NC(=O)c1ccc(NC(=O)c2csc(-c3ccc(F)cc3)n2)cc1. The Kier molecular flexibility index (Phi) is 4.35. The number of benzene rings is 2. The van der Waals surface area contributed by atoms with Crippen molar-refractivity contribution in [3.63, 3.8) is 0 Å². The van der Waals surface area contributed by atoms with Crippen LogP contribution in [0.5, 0.6) is 0 Å². The molecule has 0 atom stereocenters. The lowest BCUT2D eigenvalue weighted by atomic mass is 10.2. The Morgan fingerprint density at radius 3 is 2.33 bits per heavy atom. The van der Waals surface area contributed by atoms with E-state index in [0.717, 1.165) is 5.56 Å². The molecule has 3 rings (SSSR count). The lowest BCUT2D eigenvalue weighted by molar-refractivity contribution is 0.0998. The lowest BCUT2D eigenvalue weighted by Crippen LogP contribution is -2.13. The molecule has 1 aromatic heterocycles. The highest BCUT2D eigenvalue weighted by Gasteiger charge is 2.12. The minimum absolute atomic E-state index is 0.262. The standard InChI is InChI=1S/C17H12FN3O2S/c18-12-5-1-11(2-6-12)17-21-14(9-24-17)16(23)20-13-7-3-10(4-8-13)15(19)22/h1-9H,(H2,19,22)(H,20,23). The smallest absolute Gasteiger partial charge is 0.275 e. The van der Waals surface area contributed by atoms with Crippen molar-refractivity contribution in [2.24, 2.45) is 5.73 Å². The Labute approximate surface area is 141 Å². The van der Waals surface area contributed by atoms with Gasteiger partial charge in [0.15, 0.2) is 0 Å². The molecule has 0 radical (unpaired) electrons. The third-order valence-electron chi connectivity index (χ3n) is 3.26. The summed E-state index contributed by atoms with van der Waals surface area (Å²) in [6.45, 7) is 0. The van der Waals surface area contributed by atoms with Gasteiger partial charge >= 0.3 is 0 Å². The highest BCUT2D eigenvalue weighted by Crippen LogP contribution is 2.24. The van der Waals surface area contributed by atoms with Gasteiger partial charge in [-0.15, -0.1) is 11.3 Å². The van der Waals surface area contributed by atoms with E-state index < -0.39 is 5.91 Å². The monoisotopic (exact) mass is 341 g/mol. The number of nitrogens with two attached hydrogens (primary N) is 1. The predicted octanol–water partition coefficient (Wildman–Crippen LogP) is 3.30. The zero-order valence-corrected chi connectivity index (χ0v) is 13.1. The number of nitrogens with one attached hydrogen (secondary N) is 1. The first-order chi connectivity index (χ1) is 11.5. The molecule has 120 valence electrons. The van der Waals surface area contributed by atoms with Gasteiger partial charge in [0.1, 0.15) is 16.5 Å². The number of anilines is 1. The lowest BCUT2D eigenvalue weighted by Gasteiger charge is -2.03. The van der Waals surface area contributed by atoms with Crippen LogP contribution in [-0.2, 0) is 0 Å². The Balaban J connectivity index is 1.73. The van der Waals surface area contributed by atoms with Crippen molar-refractivity contribution >= 4 is 28.8 Å². The van der Waals surface area contributed by atoms with Crippen molar-refractivity contribution in [3.8, 4) is 10.6 Å². The fourth-order valence-electron chi connectivity index (χ4n) is 2.02. The number of aromatic nitrogens is 1. The van der Waals surface area contributed by atoms with E-state index >= 15 is 0 Å². The van der Waals surface area contributed by atoms with Crippen molar-refractivity contribution in [3.05, 3.63) is 71.0 Å². The van der Waals surface area contributed by atoms with Crippen LogP contribution in [0.1, 0.15) is 20.8 Å². The predicted molar refractivity (Wildman–Crippen MR) is 90.4 cm³/mol. The molecule has 0 spiro atoms. The molecule has 0 aliphatic carbocycles. The molecule has 0 aliphatic rings. The van der Waals surface area contributed by atoms with Crippen LogP contribution in [0.15, 0.2) is 53.9 Å². The quantitative estimate of drug-likeness (QED) is 0.763. The van der Waals surface area contributed by atoms with Crippen LogP contribution in [0.3, 0.4) is 0 Å². The average molecular weight is 341 g/mol. The summed E-state index contributed by atoms with van der Waals surface area (Å²) < 4.78 is 12.9. The Bertz CT molecular complexity index is 889. The summed E-state index contributed by atoms with van der Waals surface area (Å²) in [6.07, 6.45) is 0. The molecule has 0 fully saturated rings. The normalized spacial score (nSPS) is 10.4. The molecule has 0 bridgehead atoms. The van der Waals surface area contributed by atoms with Crippen molar-refractivity contribution in [1.82, 2.24) is 4.98 Å². The third kappa shape index (κ3) is 3.47. The summed E-state index contributed by atoms with van der Waals surface area (Å²) >= 11 is 1.30. The topological polar surface area (TPSA) is 85.1 Å². The van der Waals surface area contributed by atoms with Crippen molar-refractivity contribution < 1.29 is 14.0 Å². The van der Waals surface area contributed by atoms with Gasteiger partial charge in [-0.05, 0) is 48.5 Å². The molecule has 0 saturated heterocycles. The molecule has 3 aromatic rings. The summed E-state index contributed by atoms with van der Waals surface area (Å²) in [5.74, 6) is -1.23. The number of rotatable bonds is 4. The largest absolute Gasteiger partial charge is 0.366 e. The second-order valence-electron chi connectivity index (χ2n) is 4.94. The average Bonchev–Trinajstić information content (AvgIpc) is 3.06. The Morgan fingerprint density at radius 2 is 1.71 bits per heavy atom. The van der Waals surface area contributed by atoms with Crippen LogP contribution >= 0.6 is 11.3 Å². The highest BCUT2D eigenvalue weighted by molar-refractivity contribution is 7.13. The number of halogens is 1. The van der Waals surface area contributed by atoms with Crippen LogP contribution in [0.4, 0.5) is 10.1 Å². The zero-order valence-electron chi connectivity index (χ0n) is 12.3. The van der Waals surface area contributed by atoms with Crippen molar-refractivity contribution in [1.29, 1.82) is 0 Å². The number of amides is 2. The van der Waals surface area contributed by atoms with Gasteiger partial charge in [0.25, 0.3) is 5.91 Å². The molecule has 24 heavy (non-hydrogen) atoms. The van der Waals surface area contributed by atoms with Gasteiger partial charge in [0, 0.05) is 22.2 Å². The molecule has 3 N–H and O–H groups in total. The maximum atomic E-state index is 12.9. The van der Waals surface area contributed by atoms with Crippen LogP contribution < -0.4 is 11.1 Å². The summed E-state index contributed by atoms with van der Waals surface area (Å²) in [6, 6.07) is 12.1. The molecule has 0 saturated carbocycles. The van der Waals surface area contributed by atoms with E-state index in [9.17, 15) is 14.0 Å².